The van der Waals surface area contributed by atoms with Crippen LogP contribution in [0.25, 0.3) is 0 Å². The zero-order valence-electron chi connectivity index (χ0n) is 12.2. The molecular weight excluding hydrogens is 268 g/mol. The van der Waals surface area contributed by atoms with E-state index in [1.54, 1.807) is 17.1 Å². The molecule has 0 atom stereocenters. The van der Waals surface area contributed by atoms with Gasteiger partial charge in [-0.1, -0.05) is 0 Å². The van der Waals surface area contributed by atoms with Gasteiger partial charge in [-0.3, -0.25) is 9.48 Å². The topological polar surface area (TPSA) is 61.1 Å². The summed E-state index contributed by atoms with van der Waals surface area (Å²) < 4.78 is 9.29. The maximum atomic E-state index is 12.4. The lowest BCUT2D eigenvalue weighted by Gasteiger charge is -2.38. The number of nitrogens with zero attached hydrogens (tertiary/aromatic N) is 3. The largest absolute Gasteiger partial charge is 0.381 e. The van der Waals surface area contributed by atoms with Crippen molar-refractivity contribution in [1.29, 1.82) is 0 Å². The van der Waals surface area contributed by atoms with Crippen LogP contribution in [-0.4, -0.2) is 33.5 Å². The minimum Gasteiger partial charge on any atom is -0.381 e. The molecule has 21 heavy (non-hydrogen) atoms. The van der Waals surface area contributed by atoms with E-state index >= 15 is 0 Å². The molecule has 2 aromatic rings. The van der Waals surface area contributed by atoms with Gasteiger partial charge in [0.25, 0.3) is 0 Å². The third-order valence-corrected chi connectivity index (χ3v) is 4.05. The highest BCUT2D eigenvalue weighted by atomic mass is 16.5. The second-order valence-corrected chi connectivity index (χ2v) is 5.55. The Kier molecular flexibility index (Phi) is 3.79. The number of carbonyl (C=O) groups is 1. The number of aryl methyl sites for hydroxylation is 1. The minimum absolute atomic E-state index is 0.0126. The molecule has 0 spiro atoms. The van der Waals surface area contributed by atoms with Crippen molar-refractivity contribution >= 4 is 11.6 Å². The Morgan fingerprint density at radius 2 is 2.10 bits per heavy atom. The van der Waals surface area contributed by atoms with Gasteiger partial charge in [-0.15, -0.1) is 0 Å². The van der Waals surface area contributed by atoms with E-state index in [2.05, 4.69) is 15.0 Å². The Morgan fingerprint density at radius 1 is 1.38 bits per heavy atom. The van der Waals surface area contributed by atoms with Crippen LogP contribution in [0, 0.1) is 0 Å². The van der Waals surface area contributed by atoms with Crippen molar-refractivity contribution in [2.45, 2.75) is 24.8 Å². The van der Waals surface area contributed by atoms with E-state index in [4.69, 9.17) is 4.74 Å². The van der Waals surface area contributed by atoms with Gasteiger partial charge < -0.3 is 14.6 Å². The monoisotopic (exact) mass is 288 g/mol. The maximum absolute atomic E-state index is 12.4. The fourth-order valence-corrected chi connectivity index (χ4v) is 2.92. The Labute approximate surface area is 123 Å². The van der Waals surface area contributed by atoms with Crippen LogP contribution in [0.5, 0.6) is 0 Å². The molecule has 1 saturated heterocycles. The van der Waals surface area contributed by atoms with E-state index in [9.17, 15) is 4.79 Å². The quantitative estimate of drug-likeness (QED) is 0.932. The summed E-state index contributed by atoms with van der Waals surface area (Å²) in [6, 6.07) is 3.99. The standard InChI is InChI=1S/C15H20N4O2/c1-18-12-13(11-16-18)17-14(20)10-15(4-8-21-9-5-15)19-6-2-3-7-19/h2-3,6-7,11-12H,4-5,8-10H2,1H3,(H,17,20). The van der Waals surface area contributed by atoms with Crippen LogP contribution >= 0.6 is 0 Å². The van der Waals surface area contributed by atoms with Crippen LogP contribution in [0.1, 0.15) is 19.3 Å². The fourth-order valence-electron chi connectivity index (χ4n) is 2.92. The predicted octanol–water partition coefficient (Wildman–Crippen LogP) is 1.76. The molecule has 6 heteroatoms. The van der Waals surface area contributed by atoms with Gasteiger partial charge in [0.2, 0.25) is 5.91 Å². The first-order valence-corrected chi connectivity index (χ1v) is 7.18. The van der Waals surface area contributed by atoms with Gasteiger partial charge in [0.15, 0.2) is 0 Å². The summed E-state index contributed by atoms with van der Waals surface area (Å²) in [6.07, 6.45) is 9.66. The molecule has 0 bridgehead atoms. The average Bonchev–Trinajstić information content (AvgIpc) is 3.12. The van der Waals surface area contributed by atoms with Gasteiger partial charge in [-0.25, -0.2) is 0 Å². The number of hydrogen-bond acceptors (Lipinski definition) is 3. The first-order chi connectivity index (χ1) is 10.2. The molecule has 3 heterocycles. The highest BCUT2D eigenvalue weighted by Gasteiger charge is 2.36. The SMILES string of the molecule is Cn1cc(NC(=O)CC2(n3cccc3)CCOCC2)cn1. The number of ether oxygens (including phenoxy) is 1. The van der Waals surface area contributed by atoms with Gasteiger partial charge in [-0.05, 0) is 25.0 Å². The van der Waals surface area contributed by atoms with Crippen LogP contribution in [0.15, 0.2) is 36.9 Å². The smallest absolute Gasteiger partial charge is 0.226 e. The van der Waals surface area contributed by atoms with Crippen LogP contribution in [0.3, 0.4) is 0 Å². The van der Waals surface area contributed by atoms with Crippen molar-refractivity contribution in [3.63, 3.8) is 0 Å². The summed E-state index contributed by atoms with van der Waals surface area (Å²) >= 11 is 0. The Morgan fingerprint density at radius 3 is 2.71 bits per heavy atom. The predicted molar refractivity (Wildman–Crippen MR) is 78.9 cm³/mol. The van der Waals surface area contributed by atoms with Crippen molar-refractivity contribution in [2.24, 2.45) is 7.05 Å². The molecular formula is C15H20N4O2. The summed E-state index contributed by atoms with van der Waals surface area (Å²) in [5.41, 5.74) is 0.547. The highest BCUT2D eigenvalue weighted by molar-refractivity contribution is 5.91. The molecule has 1 aliphatic heterocycles. The van der Waals surface area contributed by atoms with Crippen LogP contribution in [0.4, 0.5) is 5.69 Å². The number of anilines is 1. The summed E-state index contributed by atoms with van der Waals surface area (Å²) in [5.74, 6) is 0.0126. The number of carbonyl (C=O) groups excluding carboxylic acids is 1. The first-order valence-electron chi connectivity index (χ1n) is 7.18. The Bertz CT molecular complexity index is 597. The molecule has 1 amide bonds. The third kappa shape index (κ3) is 3.00. The zero-order chi connectivity index (χ0) is 14.7. The van der Waals surface area contributed by atoms with E-state index in [0.29, 0.717) is 19.6 Å². The third-order valence-electron chi connectivity index (χ3n) is 4.05. The molecule has 0 aliphatic carbocycles. The van der Waals surface area contributed by atoms with Gasteiger partial charge in [0.1, 0.15) is 0 Å². The molecule has 2 aromatic heterocycles. The number of nitrogens with one attached hydrogen (secondary N) is 1. The number of aromatic nitrogens is 3. The molecule has 1 aliphatic rings. The van der Waals surface area contributed by atoms with Gasteiger partial charge in [0, 0.05) is 38.9 Å². The highest BCUT2D eigenvalue weighted by Crippen LogP contribution is 2.33. The number of rotatable bonds is 4. The lowest BCUT2D eigenvalue weighted by molar-refractivity contribution is -0.119. The molecule has 0 saturated carbocycles. The first kappa shape index (κ1) is 13.9. The molecule has 0 unspecified atom stereocenters. The molecule has 1 fully saturated rings. The van der Waals surface area contributed by atoms with Crippen LogP contribution < -0.4 is 5.32 Å². The normalized spacial score (nSPS) is 17.6. The van der Waals surface area contributed by atoms with Gasteiger partial charge in [-0.2, -0.15) is 5.10 Å². The summed E-state index contributed by atoms with van der Waals surface area (Å²) in [5, 5.41) is 6.98. The van der Waals surface area contributed by atoms with Crippen molar-refractivity contribution < 1.29 is 9.53 Å². The van der Waals surface area contributed by atoms with E-state index in [1.165, 1.54) is 0 Å². The molecule has 0 radical (unpaired) electrons. The second-order valence-electron chi connectivity index (χ2n) is 5.55. The summed E-state index contributed by atoms with van der Waals surface area (Å²) in [4.78, 5) is 12.4. The fraction of sp³-hybridized carbons (Fsp3) is 0.467. The minimum atomic E-state index is -0.186. The zero-order valence-corrected chi connectivity index (χ0v) is 12.2. The lowest BCUT2D eigenvalue weighted by Crippen LogP contribution is -2.41. The average molecular weight is 288 g/mol. The van der Waals surface area contributed by atoms with Crippen molar-refractivity contribution in [1.82, 2.24) is 14.3 Å². The Hall–Kier alpha value is -2.08. The van der Waals surface area contributed by atoms with Crippen molar-refractivity contribution in [3.05, 3.63) is 36.9 Å². The summed E-state index contributed by atoms with van der Waals surface area (Å²) in [6.45, 7) is 1.39. The molecule has 112 valence electrons. The molecule has 3 rings (SSSR count). The Balaban J connectivity index is 1.74. The second kappa shape index (κ2) is 5.73. The van der Waals surface area contributed by atoms with E-state index in [0.717, 1.165) is 18.5 Å². The maximum Gasteiger partial charge on any atom is 0.226 e. The van der Waals surface area contributed by atoms with E-state index in [-0.39, 0.29) is 11.4 Å². The van der Waals surface area contributed by atoms with Crippen molar-refractivity contribution in [3.8, 4) is 0 Å². The number of amides is 1. The van der Waals surface area contributed by atoms with Gasteiger partial charge >= 0.3 is 0 Å². The van der Waals surface area contributed by atoms with Crippen LogP contribution in [0.2, 0.25) is 0 Å². The molecule has 0 aromatic carbocycles. The summed E-state index contributed by atoms with van der Waals surface area (Å²) in [7, 11) is 1.83. The van der Waals surface area contributed by atoms with E-state index in [1.807, 2.05) is 31.6 Å². The van der Waals surface area contributed by atoms with Crippen molar-refractivity contribution in [2.75, 3.05) is 18.5 Å². The van der Waals surface area contributed by atoms with Crippen LogP contribution in [-0.2, 0) is 22.1 Å². The van der Waals surface area contributed by atoms with E-state index < -0.39 is 0 Å². The number of hydrogen-bond donors (Lipinski definition) is 1. The molecule has 6 nitrogen and oxygen atoms in total. The molecule has 1 N–H and O–H groups in total. The van der Waals surface area contributed by atoms with Gasteiger partial charge in [0.05, 0.1) is 23.8 Å². The lowest BCUT2D eigenvalue weighted by atomic mass is 9.86.